The summed E-state index contributed by atoms with van der Waals surface area (Å²) in [5.41, 5.74) is 2.60. The fourth-order valence-corrected chi connectivity index (χ4v) is 3.14. The van der Waals surface area contributed by atoms with Crippen LogP contribution in [0.15, 0.2) is 30.3 Å². The van der Waals surface area contributed by atoms with E-state index < -0.39 is 0 Å². The third-order valence-corrected chi connectivity index (χ3v) is 4.33. The van der Waals surface area contributed by atoms with E-state index in [-0.39, 0.29) is 0 Å². The predicted octanol–water partition coefficient (Wildman–Crippen LogP) is 4.11. The van der Waals surface area contributed by atoms with Crippen LogP contribution in [-0.4, -0.2) is 9.78 Å². The summed E-state index contributed by atoms with van der Waals surface area (Å²) in [6.45, 7) is 0.612. The maximum atomic E-state index is 9.35. The van der Waals surface area contributed by atoms with Gasteiger partial charge >= 0.3 is 0 Å². The number of benzene rings is 1. The number of hydrogen-bond donors (Lipinski definition) is 0. The number of hydrogen-bond acceptors (Lipinski definition) is 2. The second-order valence-corrected chi connectivity index (χ2v) is 5.65. The Morgan fingerprint density at radius 3 is 2.60 bits per heavy atom. The second kappa shape index (κ2) is 5.68. The van der Waals surface area contributed by atoms with E-state index in [4.69, 9.17) is 11.6 Å². The topological polar surface area (TPSA) is 41.6 Å². The Morgan fingerprint density at radius 2 is 1.95 bits per heavy atom. The summed E-state index contributed by atoms with van der Waals surface area (Å²) >= 11 is 6.34. The van der Waals surface area contributed by atoms with Crippen LogP contribution in [0.4, 0.5) is 0 Å². The Labute approximate surface area is 123 Å². The molecule has 4 heteroatoms. The van der Waals surface area contributed by atoms with E-state index in [0.717, 1.165) is 24.1 Å². The molecular weight excluding hydrogens is 270 g/mol. The molecule has 1 aliphatic carbocycles. The number of rotatable bonds is 3. The summed E-state index contributed by atoms with van der Waals surface area (Å²) in [4.78, 5) is 0. The van der Waals surface area contributed by atoms with Crippen molar-refractivity contribution in [2.24, 2.45) is 0 Å². The molecule has 2 aromatic rings. The van der Waals surface area contributed by atoms with Crippen LogP contribution in [-0.2, 0) is 6.54 Å². The average Bonchev–Trinajstić information content (AvgIpc) is 3.09. The van der Waals surface area contributed by atoms with Gasteiger partial charge in [0, 0.05) is 5.92 Å². The fraction of sp³-hybridized carbons (Fsp3) is 0.375. The van der Waals surface area contributed by atoms with Gasteiger partial charge in [-0.15, -0.1) is 0 Å². The Morgan fingerprint density at radius 1 is 1.25 bits per heavy atom. The molecule has 0 bridgehead atoms. The smallest absolute Gasteiger partial charge is 0.145 e. The SMILES string of the molecule is N#Cc1c(C2CCCC2)nn(Cc2ccccc2)c1Cl. The molecular formula is C16H16ClN3. The van der Waals surface area contributed by atoms with Gasteiger partial charge in [-0.3, -0.25) is 0 Å². The maximum absolute atomic E-state index is 9.35. The van der Waals surface area contributed by atoms with Gasteiger partial charge in [0.05, 0.1) is 12.2 Å². The molecule has 3 rings (SSSR count). The maximum Gasteiger partial charge on any atom is 0.145 e. The zero-order chi connectivity index (χ0) is 13.9. The molecule has 0 spiro atoms. The summed E-state index contributed by atoms with van der Waals surface area (Å²) in [7, 11) is 0. The van der Waals surface area contributed by atoms with Crippen molar-refractivity contribution in [3.63, 3.8) is 0 Å². The summed E-state index contributed by atoms with van der Waals surface area (Å²) < 4.78 is 1.75. The van der Waals surface area contributed by atoms with Crippen LogP contribution in [0.3, 0.4) is 0 Å². The molecule has 1 saturated carbocycles. The van der Waals surface area contributed by atoms with Crippen molar-refractivity contribution >= 4 is 11.6 Å². The summed E-state index contributed by atoms with van der Waals surface area (Å²) in [5, 5.41) is 14.4. The van der Waals surface area contributed by atoms with Crippen LogP contribution in [0.2, 0.25) is 5.15 Å². The van der Waals surface area contributed by atoms with Gasteiger partial charge in [0.2, 0.25) is 0 Å². The van der Waals surface area contributed by atoms with Crippen molar-refractivity contribution < 1.29 is 0 Å². The molecule has 0 radical (unpaired) electrons. The molecule has 20 heavy (non-hydrogen) atoms. The predicted molar refractivity (Wildman–Crippen MR) is 78.7 cm³/mol. The minimum Gasteiger partial charge on any atom is -0.248 e. The first-order valence-corrected chi connectivity index (χ1v) is 7.37. The van der Waals surface area contributed by atoms with Gasteiger partial charge in [0.15, 0.2) is 0 Å². The van der Waals surface area contributed by atoms with Crippen LogP contribution in [0.5, 0.6) is 0 Å². The third kappa shape index (κ3) is 2.44. The van der Waals surface area contributed by atoms with Crippen molar-refractivity contribution in [3.05, 3.63) is 52.3 Å². The van der Waals surface area contributed by atoms with E-state index in [1.807, 2.05) is 30.3 Å². The Balaban J connectivity index is 1.94. The highest BCUT2D eigenvalue weighted by molar-refractivity contribution is 6.30. The molecule has 1 aliphatic rings. The molecule has 0 aliphatic heterocycles. The molecule has 1 fully saturated rings. The third-order valence-electron chi connectivity index (χ3n) is 3.95. The molecule has 102 valence electrons. The molecule has 0 amide bonds. The van der Waals surface area contributed by atoms with Crippen molar-refractivity contribution in [1.29, 1.82) is 5.26 Å². The highest BCUT2D eigenvalue weighted by Crippen LogP contribution is 2.37. The first kappa shape index (κ1) is 13.2. The molecule has 0 saturated heterocycles. The summed E-state index contributed by atoms with van der Waals surface area (Å²) in [6.07, 6.45) is 4.68. The lowest BCUT2D eigenvalue weighted by molar-refractivity contribution is 0.629. The van der Waals surface area contributed by atoms with E-state index in [0.29, 0.717) is 23.2 Å². The van der Waals surface area contributed by atoms with Gasteiger partial charge in [0.25, 0.3) is 0 Å². The number of aromatic nitrogens is 2. The molecule has 0 N–H and O–H groups in total. The van der Waals surface area contributed by atoms with Gasteiger partial charge in [0.1, 0.15) is 16.8 Å². The van der Waals surface area contributed by atoms with Crippen LogP contribution >= 0.6 is 11.6 Å². The standard InChI is InChI=1S/C16H16ClN3/c17-16-14(10-18)15(13-8-4-5-9-13)19-20(16)11-12-6-2-1-3-7-12/h1-3,6-7,13H,4-5,8-9,11H2. The van der Waals surface area contributed by atoms with Gasteiger partial charge in [-0.1, -0.05) is 54.8 Å². The van der Waals surface area contributed by atoms with Crippen LogP contribution in [0.1, 0.15) is 48.4 Å². The minimum absolute atomic E-state index is 0.402. The summed E-state index contributed by atoms with van der Waals surface area (Å²) in [6, 6.07) is 12.3. The molecule has 0 unspecified atom stereocenters. The Hall–Kier alpha value is -1.79. The highest BCUT2D eigenvalue weighted by Gasteiger charge is 2.26. The molecule has 1 aromatic heterocycles. The highest BCUT2D eigenvalue weighted by atomic mass is 35.5. The Kier molecular flexibility index (Phi) is 3.75. The van der Waals surface area contributed by atoms with Crippen molar-refractivity contribution in [3.8, 4) is 6.07 Å². The number of halogens is 1. The van der Waals surface area contributed by atoms with Gasteiger partial charge in [-0.05, 0) is 18.4 Å². The summed E-state index contributed by atoms with van der Waals surface area (Å²) in [5.74, 6) is 0.402. The average molecular weight is 286 g/mol. The second-order valence-electron chi connectivity index (χ2n) is 5.29. The normalized spacial score (nSPS) is 15.4. The zero-order valence-corrected chi connectivity index (χ0v) is 12.0. The molecule has 3 nitrogen and oxygen atoms in total. The van der Waals surface area contributed by atoms with Gasteiger partial charge in [-0.2, -0.15) is 10.4 Å². The van der Waals surface area contributed by atoms with E-state index in [1.165, 1.54) is 12.8 Å². The molecule has 0 atom stereocenters. The fourth-order valence-electron chi connectivity index (χ4n) is 2.91. The quantitative estimate of drug-likeness (QED) is 0.851. The van der Waals surface area contributed by atoms with Crippen molar-refractivity contribution in [2.75, 3.05) is 0 Å². The van der Waals surface area contributed by atoms with Crippen molar-refractivity contribution in [1.82, 2.24) is 9.78 Å². The lowest BCUT2D eigenvalue weighted by atomic mass is 10.0. The van der Waals surface area contributed by atoms with Gasteiger partial charge in [-0.25, -0.2) is 4.68 Å². The first-order valence-electron chi connectivity index (χ1n) is 7.00. The van der Waals surface area contributed by atoms with E-state index in [9.17, 15) is 5.26 Å². The zero-order valence-electron chi connectivity index (χ0n) is 11.2. The Bertz CT molecular complexity index is 634. The van der Waals surface area contributed by atoms with Crippen LogP contribution in [0.25, 0.3) is 0 Å². The monoisotopic (exact) mass is 285 g/mol. The lowest BCUT2D eigenvalue weighted by Gasteiger charge is -2.05. The lowest BCUT2D eigenvalue weighted by Crippen LogP contribution is -2.03. The van der Waals surface area contributed by atoms with Crippen LogP contribution < -0.4 is 0 Å². The minimum atomic E-state index is 0.402. The molecule has 1 aromatic carbocycles. The van der Waals surface area contributed by atoms with Crippen molar-refractivity contribution in [2.45, 2.75) is 38.1 Å². The number of nitriles is 1. The van der Waals surface area contributed by atoms with E-state index >= 15 is 0 Å². The van der Waals surface area contributed by atoms with Gasteiger partial charge < -0.3 is 0 Å². The first-order chi connectivity index (χ1) is 9.79. The largest absolute Gasteiger partial charge is 0.248 e. The number of nitrogens with zero attached hydrogens (tertiary/aromatic N) is 3. The van der Waals surface area contributed by atoms with E-state index in [2.05, 4.69) is 11.2 Å². The van der Waals surface area contributed by atoms with E-state index in [1.54, 1.807) is 4.68 Å². The molecule has 1 heterocycles. The van der Waals surface area contributed by atoms with Crippen LogP contribution in [0, 0.1) is 11.3 Å².